The number of nitrogens with zero attached hydrogens (tertiary/aromatic N) is 2. The fourth-order valence-electron chi connectivity index (χ4n) is 4.01. The minimum Gasteiger partial charge on any atom is -0.497 e. The molecule has 1 fully saturated rings. The maximum Gasteiger partial charge on any atom is 0.252 e. The number of hydrogen-bond donors (Lipinski definition) is 4. The number of primary amides is 1. The van der Waals surface area contributed by atoms with Crippen LogP contribution in [0.25, 0.3) is 11.3 Å². The van der Waals surface area contributed by atoms with Gasteiger partial charge in [0.15, 0.2) is 11.6 Å². The Kier molecular flexibility index (Phi) is 6.87. The van der Waals surface area contributed by atoms with E-state index in [4.69, 9.17) is 16.2 Å². The number of aromatic nitrogens is 2. The minimum absolute atomic E-state index is 0.0228. The first kappa shape index (κ1) is 23.4. The Morgan fingerprint density at radius 3 is 2.59 bits per heavy atom. The van der Waals surface area contributed by atoms with Gasteiger partial charge in [0.25, 0.3) is 5.91 Å². The molecule has 6 N–H and O–H groups in total. The third-order valence-electron chi connectivity index (χ3n) is 5.86. The molecule has 0 bridgehead atoms. The van der Waals surface area contributed by atoms with Crippen LogP contribution in [0, 0.1) is 11.6 Å². The van der Waals surface area contributed by atoms with Crippen LogP contribution in [-0.2, 0) is 0 Å². The van der Waals surface area contributed by atoms with Gasteiger partial charge in [0.1, 0.15) is 17.4 Å². The Labute approximate surface area is 195 Å². The highest BCUT2D eigenvalue weighted by Crippen LogP contribution is 2.29. The average molecular weight is 469 g/mol. The average Bonchev–Trinajstić information content (AvgIpc) is 2.82. The van der Waals surface area contributed by atoms with E-state index in [2.05, 4.69) is 20.6 Å². The van der Waals surface area contributed by atoms with Crippen molar-refractivity contribution in [3.63, 3.8) is 0 Å². The number of carbonyl (C=O) groups is 1. The van der Waals surface area contributed by atoms with E-state index in [0.717, 1.165) is 31.7 Å². The summed E-state index contributed by atoms with van der Waals surface area (Å²) in [5.74, 6) is -1.62. The van der Waals surface area contributed by atoms with Gasteiger partial charge in [0.05, 0.1) is 18.4 Å². The zero-order chi connectivity index (χ0) is 24.2. The van der Waals surface area contributed by atoms with Crippen molar-refractivity contribution in [1.29, 1.82) is 0 Å². The summed E-state index contributed by atoms with van der Waals surface area (Å²) in [5, 5.41) is 6.05. The SMILES string of the molecule is COc1ccc(-c2cc(Nc3nc(NC4CCCCC4N)c(F)cc3C(N)=O)ccn2)c(F)c1. The standard InChI is InChI=1S/C24H26F2N6O2/c1-34-14-6-7-15(17(25)11-14)21-10-13(8-9-29-21)30-23-16(22(28)33)12-18(26)24(32-23)31-20-5-3-2-4-19(20)27/h6-12,19-20H,2-5,27H2,1H3,(H2,28,33)(H2,29,30,31,32). The topological polar surface area (TPSA) is 128 Å². The van der Waals surface area contributed by atoms with Gasteiger partial charge in [-0.05, 0) is 43.2 Å². The normalized spacial score (nSPS) is 17.8. The van der Waals surface area contributed by atoms with Gasteiger partial charge in [-0.1, -0.05) is 12.8 Å². The van der Waals surface area contributed by atoms with Crippen molar-refractivity contribution in [3.8, 4) is 17.0 Å². The third-order valence-corrected chi connectivity index (χ3v) is 5.86. The van der Waals surface area contributed by atoms with Crippen molar-refractivity contribution in [2.45, 2.75) is 37.8 Å². The summed E-state index contributed by atoms with van der Waals surface area (Å²) >= 11 is 0. The molecule has 1 amide bonds. The molecule has 1 aliphatic carbocycles. The number of amides is 1. The maximum absolute atomic E-state index is 14.7. The van der Waals surface area contributed by atoms with Gasteiger partial charge in [-0.2, -0.15) is 0 Å². The highest BCUT2D eigenvalue weighted by Gasteiger charge is 2.24. The number of ether oxygens (including phenoxy) is 1. The predicted octanol–water partition coefficient (Wildman–Crippen LogP) is 3.95. The number of rotatable bonds is 7. The Morgan fingerprint density at radius 2 is 1.88 bits per heavy atom. The van der Waals surface area contributed by atoms with Crippen molar-refractivity contribution in [3.05, 3.63) is 59.8 Å². The molecule has 0 saturated heterocycles. The van der Waals surface area contributed by atoms with Crippen molar-refractivity contribution in [2.75, 3.05) is 17.7 Å². The first-order valence-corrected chi connectivity index (χ1v) is 10.9. The molecule has 2 heterocycles. The molecule has 3 aromatic rings. The number of hydrogen-bond acceptors (Lipinski definition) is 7. The lowest BCUT2D eigenvalue weighted by Crippen LogP contribution is -2.43. The van der Waals surface area contributed by atoms with E-state index >= 15 is 0 Å². The fraction of sp³-hybridized carbons (Fsp3) is 0.292. The van der Waals surface area contributed by atoms with Crippen LogP contribution in [0.5, 0.6) is 5.75 Å². The van der Waals surface area contributed by atoms with Crippen molar-refractivity contribution in [1.82, 2.24) is 9.97 Å². The monoisotopic (exact) mass is 468 g/mol. The molecule has 4 rings (SSSR count). The van der Waals surface area contributed by atoms with Gasteiger partial charge in [-0.3, -0.25) is 9.78 Å². The van der Waals surface area contributed by atoms with E-state index in [1.807, 2.05) is 0 Å². The van der Waals surface area contributed by atoms with E-state index < -0.39 is 17.5 Å². The van der Waals surface area contributed by atoms with Crippen LogP contribution >= 0.6 is 0 Å². The second-order valence-corrected chi connectivity index (χ2v) is 8.18. The fourth-order valence-corrected chi connectivity index (χ4v) is 4.01. The third kappa shape index (κ3) is 5.07. The Bertz CT molecular complexity index is 1210. The zero-order valence-corrected chi connectivity index (χ0v) is 18.6. The molecule has 34 heavy (non-hydrogen) atoms. The Balaban J connectivity index is 1.65. The second-order valence-electron chi connectivity index (χ2n) is 8.18. The van der Waals surface area contributed by atoms with Crippen molar-refractivity contribution < 1.29 is 18.3 Å². The maximum atomic E-state index is 14.7. The molecular formula is C24H26F2N6O2. The molecule has 2 unspecified atom stereocenters. The lowest BCUT2D eigenvalue weighted by molar-refractivity contribution is 0.100. The number of pyridine rings is 2. The molecule has 10 heteroatoms. The number of nitrogens with two attached hydrogens (primary N) is 2. The molecule has 178 valence electrons. The van der Waals surface area contributed by atoms with Gasteiger partial charge in [-0.15, -0.1) is 0 Å². The molecule has 1 saturated carbocycles. The van der Waals surface area contributed by atoms with Gasteiger partial charge < -0.3 is 26.8 Å². The number of halogens is 2. The van der Waals surface area contributed by atoms with Crippen LogP contribution < -0.4 is 26.8 Å². The highest BCUT2D eigenvalue weighted by molar-refractivity contribution is 5.98. The molecule has 0 radical (unpaired) electrons. The largest absolute Gasteiger partial charge is 0.497 e. The first-order chi connectivity index (χ1) is 16.4. The lowest BCUT2D eigenvalue weighted by atomic mass is 9.91. The Hall–Kier alpha value is -3.79. The van der Waals surface area contributed by atoms with Crippen molar-refractivity contribution in [2.24, 2.45) is 11.5 Å². The molecule has 8 nitrogen and oxygen atoms in total. The molecule has 0 spiro atoms. The quantitative estimate of drug-likeness (QED) is 0.413. The van der Waals surface area contributed by atoms with Crippen LogP contribution in [0.1, 0.15) is 36.0 Å². The van der Waals surface area contributed by atoms with Crippen LogP contribution in [0.2, 0.25) is 0 Å². The van der Waals surface area contributed by atoms with E-state index in [9.17, 15) is 13.6 Å². The molecule has 2 aromatic heterocycles. The van der Waals surface area contributed by atoms with Crippen LogP contribution in [0.4, 0.5) is 26.1 Å². The number of methoxy groups -OCH3 is 1. The summed E-state index contributed by atoms with van der Waals surface area (Å²) in [6, 6.07) is 8.44. The van der Waals surface area contributed by atoms with Crippen LogP contribution in [0.3, 0.4) is 0 Å². The zero-order valence-electron chi connectivity index (χ0n) is 18.6. The van der Waals surface area contributed by atoms with E-state index in [0.29, 0.717) is 17.1 Å². The second kappa shape index (κ2) is 10.0. The predicted molar refractivity (Wildman–Crippen MR) is 126 cm³/mol. The number of nitrogens with one attached hydrogen (secondary N) is 2. The minimum atomic E-state index is -0.842. The number of benzene rings is 1. The first-order valence-electron chi connectivity index (χ1n) is 10.9. The summed E-state index contributed by atoms with van der Waals surface area (Å²) in [6.07, 6.45) is 5.13. The van der Waals surface area contributed by atoms with Gasteiger partial charge in [-0.25, -0.2) is 13.8 Å². The summed E-state index contributed by atoms with van der Waals surface area (Å²) in [4.78, 5) is 20.5. The lowest BCUT2D eigenvalue weighted by Gasteiger charge is -2.30. The van der Waals surface area contributed by atoms with E-state index in [-0.39, 0.29) is 34.8 Å². The highest BCUT2D eigenvalue weighted by atomic mass is 19.1. The van der Waals surface area contributed by atoms with Gasteiger partial charge in [0.2, 0.25) is 0 Å². The molecular weight excluding hydrogens is 442 g/mol. The Morgan fingerprint density at radius 1 is 1.09 bits per heavy atom. The molecule has 1 aromatic carbocycles. The van der Waals surface area contributed by atoms with E-state index in [1.54, 1.807) is 24.3 Å². The number of carbonyl (C=O) groups excluding carboxylic acids is 1. The van der Waals surface area contributed by atoms with Gasteiger partial charge in [0, 0.05) is 35.6 Å². The van der Waals surface area contributed by atoms with Gasteiger partial charge >= 0.3 is 0 Å². The summed E-state index contributed by atoms with van der Waals surface area (Å²) < 4.78 is 34.3. The van der Waals surface area contributed by atoms with E-state index in [1.165, 1.54) is 19.4 Å². The summed E-state index contributed by atoms with van der Waals surface area (Å²) in [6.45, 7) is 0. The van der Waals surface area contributed by atoms with Crippen molar-refractivity contribution >= 4 is 23.2 Å². The number of anilines is 3. The summed E-state index contributed by atoms with van der Waals surface area (Å²) in [7, 11) is 1.45. The summed E-state index contributed by atoms with van der Waals surface area (Å²) in [5.41, 5.74) is 12.6. The van der Waals surface area contributed by atoms with Crippen LogP contribution in [-0.4, -0.2) is 35.1 Å². The molecule has 1 aliphatic rings. The van der Waals surface area contributed by atoms with Crippen LogP contribution in [0.15, 0.2) is 42.6 Å². The molecule has 2 atom stereocenters. The smallest absolute Gasteiger partial charge is 0.252 e. The molecule has 0 aliphatic heterocycles.